The maximum Gasteiger partial charge on any atom is 0.233 e. The maximum absolute atomic E-state index is 13.4. The van der Waals surface area contributed by atoms with Gasteiger partial charge in [-0.25, -0.2) is 0 Å². The smallest absolute Gasteiger partial charge is 0.233 e. The van der Waals surface area contributed by atoms with Crippen LogP contribution in [0.1, 0.15) is 59.5 Å². The first-order valence-corrected chi connectivity index (χ1v) is 10.4. The number of ketones is 1. The summed E-state index contributed by atoms with van der Waals surface area (Å²) in [5.41, 5.74) is 6.54. The molecule has 2 heterocycles. The van der Waals surface area contributed by atoms with Crippen molar-refractivity contribution in [1.29, 1.82) is 0 Å². The van der Waals surface area contributed by atoms with Crippen molar-refractivity contribution in [2.24, 2.45) is 0 Å². The molecule has 1 aliphatic carbocycles. The fourth-order valence-corrected chi connectivity index (χ4v) is 4.80. The number of aryl methyl sites for hydroxylation is 2. The molecule has 152 valence electrons. The molecule has 1 aliphatic heterocycles. The molecule has 0 bridgehead atoms. The molecule has 2 aromatic carbocycles. The van der Waals surface area contributed by atoms with Crippen LogP contribution in [0.15, 0.2) is 64.3 Å². The van der Waals surface area contributed by atoms with Gasteiger partial charge in [-0.15, -0.1) is 0 Å². The number of nitrogens with zero attached hydrogens (tertiary/aromatic N) is 1. The Hall–Kier alpha value is -3.34. The molecule has 0 amide bonds. The SMILES string of the molecule is CCc1ccc([C@@H]2C3=C(C[C@H](c4ccccc4O)CC3=O)Nc3onc(C)c32)cc1. The zero-order chi connectivity index (χ0) is 20.8. The van der Waals surface area contributed by atoms with Gasteiger partial charge in [0.1, 0.15) is 5.75 Å². The summed E-state index contributed by atoms with van der Waals surface area (Å²) in [6, 6.07) is 15.7. The van der Waals surface area contributed by atoms with Crippen LogP contribution in [0.5, 0.6) is 5.75 Å². The summed E-state index contributed by atoms with van der Waals surface area (Å²) in [5.74, 6) is 0.692. The number of hydrogen-bond acceptors (Lipinski definition) is 5. The molecule has 2 N–H and O–H groups in total. The summed E-state index contributed by atoms with van der Waals surface area (Å²) in [7, 11) is 0. The lowest BCUT2D eigenvalue weighted by Crippen LogP contribution is -2.29. The van der Waals surface area contributed by atoms with Crippen LogP contribution in [0.2, 0.25) is 0 Å². The van der Waals surface area contributed by atoms with E-state index in [9.17, 15) is 9.90 Å². The largest absolute Gasteiger partial charge is 0.508 e. The molecule has 5 rings (SSSR count). The minimum atomic E-state index is -0.189. The molecular formula is C25H24N2O3. The van der Waals surface area contributed by atoms with E-state index in [-0.39, 0.29) is 23.4 Å². The highest BCUT2D eigenvalue weighted by Crippen LogP contribution is 2.49. The number of para-hydroxylation sites is 1. The molecule has 3 aromatic rings. The third-order valence-electron chi connectivity index (χ3n) is 6.36. The Morgan fingerprint density at radius 3 is 2.63 bits per heavy atom. The minimum Gasteiger partial charge on any atom is -0.508 e. The Bertz CT molecular complexity index is 1160. The van der Waals surface area contributed by atoms with Crippen molar-refractivity contribution in [3.63, 3.8) is 0 Å². The first-order chi connectivity index (χ1) is 14.6. The summed E-state index contributed by atoms with van der Waals surface area (Å²) in [6.07, 6.45) is 1.99. The van der Waals surface area contributed by atoms with E-state index in [0.717, 1.165) is 40.1 Å². The predicted octanol–water partition coefficient (Wildman–Crippen LogP) is 5.21. The highest BCUT2D eigenvalue weighted by Gasteiger charge is 2.41. The molecule has 2 aliphatic rings. The van der Waals surface area contributed by atoms with Gasteiger partial charge < -0.3 is 14.9 Å². The van der Waals surface area contributed by atoms with E-state index < -0.39 is 0 Å². The monoisotopic (exact) mass is 400 g/mol. The fraction of sp³-hybridized carbons (Fsp3) is 0.280. The maximum atomic E-state index is 13.4. The molecule has 0 saturated heterocycles. The van der Waals surface area contributed by atoms with E-state index in [2.05, 4.69) is 41.7 Å². The van der Waals surface area contributed by atoms with Gasteiger partial charge in [-0.1, -0.05) is 54.5 Å². The van der Waals surface area contributed by atoms with Crippen molar-refractivity contribution >= 4 is 11.7 Å². The number of nitrogens with one attached hydrogen (secondary N) is 1. The van der Waals surface area contributed by atoms with Crippen LogP contribution in [0.4, 0.5) is 5.88 Å². The van der Waals surface area contributed by atoms with Crippen LogP contribution in [-0.2, 0) is 11.2 Å². The van der Waals surface area contributed by atoms with Gasteiger partial charge in [0.25, 0.3) is 0 Å². The number of carbonyl (C=O) groups is 1. The van der Waals surface area contributed by atoms with E-state index in [1.165, 1.54) is 5.56 Å². The molecule has 1 aromatic heterocycles. The van der Waals surface area contributed by atoms with Gasteiger partial charge in [0.2, 0.25) is 5.88 Å². The number of carbonyl (C=O) groups excluding carboxylic acids is 1. The Balaban J connectivity index is 1.61. The number of anilines is 1. The van der Waals surface area contributed by atoms with E-state index in [0.29, 0.717) is 18.7 Å². The number of phenolic OH excluding ortho intramolecular Hbond substituents is 1. The van der Waals surface area contributed by atoms with Crippen LogP contribution >= 0.6 is 0 Å². The lowest BCUT2D eigenvalue weighted by Gasteiger charge is -2.34. The number of allylic oxidation sites excluding steroid dienone is 2. The number of Topliss-reactive ketones (excluding diaryl/α,β-unsaturated/α-hetero) is 1. The Labute approximate surface area is 175 Å². The molecule has 2 atom stereocenters. The first kappa shape index (κ1) is 18.7. The topological polar surface area (TPSA) is 75.4 Å². The molecule has 0 saturated carbocycles. The Morgan fingerprint density at radius 1 is 1.13 bits per heavy atom. The van der Waals surface area contributed by atoms with Crippen molar-refractivity contribution in [3.8, 4) is 5.75 Å². The predicted molar refractivity (Wildman–Crippen MR) is 115 cm³/mol. The second-order valence-electron chi connectivity index (χ2n) is 8.14. The third-order valence-corrected chi connectivity index (χ3v) is 6.36. The average Bonchev–Trinajstić information content (AvgIpc) is 3.13. The summed E-state index contributed by atoms with van der Waals surface area (Å²) >= 11 is 0. The summed E-state index contributed by atoms with van der Waals surface area (Å²) < 4.78 is 5.58. The normalized spacial score (nSPS) is 20.5. The molecule has 5 heteroatoms. The zero-order valence-electron chi connectivity index (χ0n) is 17.1. The number of aromatic nitrogens is 1. The van der Waals surface area contributed by atoms with Gasteiger partial charge in [0, 0.05) is 29.5 Å². The minimum absolute atomic E-state index is 0.0707. The van der Waals surface area contributed by atoms with Gasteiger partial charge in [-0.05, 0) is 42.5 Å². The number of hydrogen-bond donors (Lipinski definition) is 2. The lowest BCUT2D eigenvalue weighted by atomic mass is 9.72. The highest BCUT2D eigenvalue weighted by atomic mass is 16.5. The van der Waals surface area contributed by atoms with Crippen LogP contribution in [0.25, 0.3) is 0 Å². The Morgan fingerprint density at radius 2 is 1.90 bits per heavy atom. The number of benzene rings is 2. The number of fused-ring (bicyclic) bond motifs is 1. The van der Waals surface area contributed by atoms with Gasteiger partial charge >= 0.3 is 0 Å². The van der Waals surface area contributed by atoms with E-state index >= 15 is 0 Å². The first-order valence-electron chi connectivity index (χ1n) is 10.4. The quantitative estimate of drug-likeness (QED) is 0.631. The van der Waals surface area contributed by atoms with Crippen LogP contribution in [0, 0.1) is 6.92 Å². The second-order valence-corrected chi connectivity index (χ2v) is 8.14. The number of phenols is 1. The molecule has 0 unspecified atom stereocenters. The molecule has 0 fully saturated rings. The molecule has 30 heavy (non-hydrogen) atoms. The lowest BCUT2D eigenvalue weighted by molar-refractivity contribution is -0.116. The third kappa shape index (κ3) is 2.93. The van der Waals surface area contributed by atoms with Crippen molar-refractivity contribution < 1.29 is 14.4 Å². The molecule has 0 radical (unpaired) electrons. The van der Waals surface area contributed by atoms with Gasteiger partial charge in [0.05, 0.1) is 11.3 Å². The number of aromatic hydroxyl groups is 1. The fourth-order valence-electron chi connectivity index (χ4n) is 4.80. The second kappa shape index (κ2) is 7.17. The van der Waals surface area contributed by atoms with Crippen molar-refractivity contribution in [2.45, 2.75) is 44.9 Å². The van der Waals surface area contributed by atoms with Gasteiger partial charge in [-0.3, -0.25) is 4.79 Å². The van der Waals surface area contributed by atoms with Crippen LogP contribution in [-0.4, -0.2) is 16.0 Å². The van der Waals surface area contributed by atoms with E-state index in [1.807, 2.05) is 19.1 Å². The average molecular weight is 400 g/mol. The molecule has 0 spiro atoms. The van der Waals surface area contributed by atoms with Crippen molar-refractivity contribution in [2.75, 3.05) is 5.32 Å². The van der Waals surface area contributed by atoms with Crippen molar-refractivity contribution in [3.05, 3.63) is 87.7 Å². The summed E-state index contributed by atoms with van der Waals surface area (Å²) in [6.45, 7) is 4.05. The Kier molecular flexibility index (Phi) is 4.46. The van der Waals surface area contributed by atoms with E-state index in [4.69, 9.17) is 4.52 Å². The van der Waals surface area contributed by atoms with Gasteiger partial charge in [-0.2, -0.15) is 0 Å². The summed E-state index contributed by atoms with van der Waals surface area (Å²) in [5, 5.41) is 17.8. The molecular weight excluding hydrogens is 376 g/mol. The van der Waals surface area contributed by atoms with Crippen LogP contribution in [0.3, 0.4) is 0 Å². The van der Waals surface area contributed by atoms with Crippen LogP contribution < -0.4 is 5.32 Å². The molecule has 5 nitrogen and oxygen atoms in total. The number of rotatable bonds is 3. The van der Waals surface area contributed by atoms with Gasteiger partial charge in [0.15, 0.2) is 5.78 Å². The van der Waals surface area contributed by atoms with Crippen molar-refractivity contribution in [1.82, 2.24) is 5.16 Å². The zero-order valence-corrected chi connectivity index (χ0v) is 17.1. The standard InChI is InChI=1S/C25H24N2O3/c1-3-15-8-10-16(11-9-15)23-22-14(2)27-30-25(22)26-19-12-17(13-21(29)24(19)23)18-6-4-5-7-20(18)28/h4-11,17,23,26,28H,3,12-13H2,1-2H3/t17-,23-/m0/s1. The van der Waals surface area contributed by atoms with E-state index in [1.54, 1.807) is 12.1 Å². The summed E-state index contributed by atoms with van der Waals surface area (Å²) in [4.78, 5) is 13.4. The highest BCUT2D eigenvalue weighted by molar-refractivity contribution is 6.01.